The third kappa shape index (κ3) is 3.40. The number of nitrogens with zero attached hydrogens (tertiary/aromatic N) is 2. The van der Waals surface area contributed by atoms with Crippen molar-refractivity contribution in [3.63, 3.8) is 0 Å². The number of rotatable bonds is 5. The summed E-state index contributed by atoms with van der Waals surface area (Å²) in [4.78, 5) is 24.8. The molecule has 0 fully saturated rings. The van der Waals surface area contributed by atoms with E-state index in [1.165, 1.54) is 16.8 Å². The number of halogens is 1. The first kappa shape index (κ1) is 18.6. The summed E-state index contributed by atoms with van der Waals surface area (Å²) in [7, 11) is 0. The van der Waals surface area contributed by atoms with Gasteiger partial charge in [0.25, 0.3) is 0 Å². The van der Waals surface area contributed by atoms with Crippen LogP contribution in [0.5, 0.6) is 0 Å². The van der Waals surface area contributed by atoms with E-state index in [2.05, 4.69) is 5.10 Å². The fourth-order valence-corrected chi connectivity index (χ4v) is 3.16. The average Bonchev–Trinajstić information content (AvgIpc) is 3.13. The van der Waals surface area contributed by atoms with Gasteiger partial charge in [0, 0.05) is 10.9 Å². The molecular formula is C23H17FN2O3. The first-order valence-corrected chi connectivity index (χ1v) is 9.14. The van der Waals surface area contributed by atoms with Crippen molar-refractivity contribution in [2.24, 2.45) is 0 Å². The highest BCUT2D eigenvalue weighted by molar-refractivity contribution is 6.15. The van der Waals surface area contributed by atoms with Crippen LogP contribution in [-0.2, 0) is 4.74 Å². The van der Waals surface area contributed by atoms with Gasteiger partial charge >= 0.3 is 5.97 Å². The number of para-hydroxylation sites is 1. The van der Waals surface area contributed by atoms with Gasteiger partial charge < -0.3 is 4.74 Å². The van der Waals surface area contributed by atoms with Gasteiger partial charge in [-0.3, -0.25) is 4.79 Å². The summed E-state index contributed by atoms with van der Waals surface area (Å²) >= 11 is 0. The molecular weight excluding hydrogens is 371 g/mol. The molecule has 0 unspecified atom stereocenters. The molecule has 0 saturated carbocycles. The van der Waals surface area contributed by atoms with Crippen LogP contribution >= 0.6 is 0 Å². The van der Waals surface area contributed by atoms with Crippen molar-refractivity contribution in [1.29, 1.82) is 0 Å². The third-order valence-electron chi connectivity index (χ3n) is 4.53. The second-order valence-corrected chi connectivity index (χ2v) is 6.36. The summed E-state index contributed by atoms with van der Waals surface area (Å²) in [6.07, 6.45) is 0. The number of benzene rings is 3. The second kappa shape index (κ2) is 7.67. The monoisotopic (exact) mass is 388 g/mol. The summed E-state index contributed by atoms with van der Waals surface area (Å²) < 4.78 is 21.1. The molecule has 6 heteroatoms. The predicted octanol–water partition coefficient (Wildman–Crippen LogP) is 4.57. The second-order valence-electron chi connectivity index (χ2n) is 6.36. The van der Waals surface area contributed by atoms with Gasteiger partial charge in [-0.15, -0.1) is 0 Å². The van der Waals surface area contributed by atoms with Crippen LogP contribution in [0.1, 0.15) is 33.3 Å². The molecule has 0 aliphatic rings. The van der Waals surface area contributed by atoms with Crippen molar-refractivity contribution >= 4 is 22.7 Å². The Bertz CT molecular complexity index is 1220. The maximum atomic E-state index is 14.8. The summed E-state index contributed by atoms with van der Waals surface area (Å²) in [6, 6.07) is 20.0. The maximum Gasteiger partial charge on any atom is 0.338 e. The number of hydrogen-bond donors (Lipinski definition) is 0. The SMILES string of the molecule is CCOC(=O)c1ccc(-n2nc(C(=O)c3ccccc3)c3ccccc32)c(F)c1. The Kier molecular flexibility index (Phi) is 4.91. The molecule has 0 radical (unpaired) electrons. The molecule has 29 heavy (non-hydrogen) atoms. The van der Waals surface area contributed by atoms with Crippen LogP contribution in [0.25, 0.3) is 16.6 Å². The van der Waals surface area contributed by atoms with Crippen LogP contribution < -0.4 is 0 Å². The molecule has 144 valence electrons. The maximum absolute atomic E-state index is 14.8. The van der Waals surface area contributed by atoms with Crippen LogP contribution in [0.15, 0.2) is 72.8 Å². The van der Waals surface area contributed by atoms with E-state index >= 15 is 0 Å². The third-order valence-corrected chi connectivity index (χ3v) is 4.53. The highest BCUT2D eigenvalue weighted by atomic mass is 19.1. The van der Waals surface area contributed by atoms with Gasteiger partial charge in [0.15, 0.2) is 0 Å². The Morgan fingerprint density at radius 3 is 2.41 bits per heavy atom. The summed E-state index contributed by atoms with van der Waals surface area (Å²) in [5.41, 5.74) is 1.59. The minimum absolute atomic E-state index is 0.116. The highest BCUT2D eigenvalue weighted by Gasteiger charge is 2.21. The lowest BCUT2D eigenvalue weighted by atomic mass is 10.1. The Hall–Kier alpha value is -3.80. The van der Waals surface area contributed by atoms with Crippen molar-refractivity contribution in [3.8, 4) is 5.69 Å². The first-order valence-electron chi connectivity index (χ1n) is 9.14. The molecule has 4 aromatic rings. The Balaban J connectivity index is 1.84. The van der Waals surface area contributed by atoms with Crippen molar-refractivity contribution in [2.45, 2.75) is 6.92 Å². The number of fused-ring (bicyclic) bond motifs is 1. The standard InChI is InChI=1S/C23H17FN2O3/c1-2-29-23(28)16-12-13-20(18(24)14-16)26-19-11-7-6-10-17(19)21(25-26)22(27)15-8-4-3-5-9-15/h3-14H,2H2,1H3. The molecule has 0 aliphatic carbocycles. The van der Waals surface area contributed by atoms with Crippen LogP contribution in [0, 0.1) is 5.82 Å². The normalized spacial score (nSPS) is 10.8. The van der Waals surface area contributed by atoms with Gasteiger partial charge in [0.05, 0.1) is 17.7 Å². The predicted molar refractivity (Wildman–Crippen MR) is 107 cm³/mol. The van der Waals surface area contributed by atoms with E-state index in [-0.39, 0.29) is 29.3 Å². The van der Waals surface area contributed by atoms with Gasteiger partial charge in [0.2, 0.25) is 5.78 Å². The number of ketones is 1. The van der Waals surface area contributed by atoms with E-state index in [9.17, 15) is 14.0 Å². The fraction of sp³-hybridized carbons (Fsp3) is 0.0870. The topological polar surface area (TPSA) is 61.2 Å². The Labute approximate surface area is 166 Å². The molecule has 1 heterocycles. The van der Waals surface area contributed by atoms with Crippen molar-refractivity contribution in [1.82, 2.24) is 9.78 Å². The quantitative estimate of drug-likeness (QED) is 0.371. The van der Waals surface area contributed by atoms with Crippen LogP contribution in [0.2, 0.25) is 0 Å². The fourth-order valence-electron chi connectivity index (χ4n) is 3.16. The van der Waals surface area contributed by atoms with Gasteiger partial charge in [-0.05, 0) is 31.2 Å². The first-order chi connectivity index (χ1) is 14.1. The molecule has 0 N–H and O–H groups in total. The Morgan fingerprint density at radius 1 is 0.966 bits per heavy atom. The lowest BCUT2D eigenvalue weighted by Crippen LogP contribution is -2.08. The van der Waals surface area contributed by atoms with Crippen LogP contribution in [0.3, 0.4) is 0 Å². The highest BCUT2D eigenvalue weighted by Crippen LogP contribution is 2.26. The molecule has 5 nitrogen and oxygen atoms in total. The van der Waals surface area contributed by atoms with E-state index in [1.807, 2.05) is 6.07 Å². The summed E-state index contributed by atoms with van der Waals surface area (Å²) in [6.45, 7) is 1.89. The smallest absolute Gasteiger partial charge is 0.338 e. The molecule has 0 saturated heterocycles. The van der Waals surface area contributed by atoms with E-state index in [1.54, 1.807) is 55.5 Å². The minimum Gasteiger partial charge on any atom is -0.462 e. The van der Waals surface area contributed by atoms with Crippen molar-refractivity contribution in [2.75, 3.05) is 6.61 Å². The number of aromatic nitrogens is 2. The minimum atomic E-state index is -0.637. The van der Waals surface area contributed by atoms with Crippen LogP contribution in [-0.4, -0.2) is 28.1 Å². The van der Waals surface area contributed by atoms with E-state index in [0.29, 0.717) is 16.5 Å². The van der Waals surface area contributed by atoms with E-state index in [4.69, 9.17) is 4.74 Å². The number of hydrogen-bond acceptors (Lipinski definition) is 4. The molecule has 4 rings (SSSR count). The van der Waals surface area contributed by atoms with Crippen molar-refractivity contribution in [3.05, 3.63) is 95.4 Å². The number of esters is 1. The van der Waals surface area contributed by atoms with E-state index < -0.39 is 11.8 Å². The number of ether oxygens (including phenoxy) is 1. The average molecular weight is 388 g/mol. The molecule has 0 atom stereocenters. The van der Waals surface area contributed by atoms with Crippen molar-refractivity contribution < 1.29 is 18.7 Å². The summed E-state index contributed by atoms with van der Waals surface area (Å²) in [5, 5.41) is 5.04. The number of carbonyl (C=O) groups is 2. The molecule has 0 aliphatic heterocycles. The largest absolute Gasteiger partial charge is 0.462 e. The summed E-state index contributed by atoms with van der Waals surface area (Å²) in [5.74, 6) is -1.48. The van der Waals surface area contributed by atoms with Crippen LogP contribution in [0.4, 0.5) is 4.39 Å². The van der Waals surface area contributed by atoms with Gasteiger partial charge in [-0.2, -0.15) is 5.10 Å². The lowest BCUT2D eigenvalue weighted by Gasteiger charge is -2.07. The number of carbonyl (C=O) groups excluding carboxylic acids is 2. The van der Waals surface area contributed by atoms with Gasteiger partial charge in [-0.1, -0.05) is 48.5 Å². The zero-order chi connectivity index (χ0) is 20.4. The molecule has 1 aromatic heterocycles. The Morgan fingerprint density at radius 2 is 1.69 bits per heavy atom. The molecule has 3 aromatic carbocycles. The van der Waals surface area contributed by atoms with Gasteiger partial charge in [-0.25, -0.2) is 13.9 Å². The molecule has 0 spiro atoms. The molecule has 0 bridgehead atoms. The van der Waals surface area contributed by atoms with E-state index in [0.717, 1.165) is 6.07 Å². The lowest BCUT2D eigenvalue weighted by molar-refractivity contribution is 0.0525. The van der Waals surface area contributed by atoms with Gasteiger partial charge in [0.1, 0.15) is 17.2 Å². The zero-order valence-electron chi connectivity index (χ0n) is 15.6. The molecule has 0 amide bonds. The zero-order valence-corrected chi connectivity index (χ0v) is 15.6.